The van der Waals surface area contributed by atoms with Gasteiger partial charge in [-0.3, -0.25) is 0 Å². The van der Waals surface area contributed by atoms with Gasteiger partial charge in [0.15, 0.2) is 5.82 Å². The van der Waals surface area contributed by atoms with Crippen molar-refractivity contribution in [3.63, 3.8) is 0 Å². The van der Waals surface area contributed by atoms with Crippen LogP contribution in [0.3, 0.4) is 0 Å². The van der Waals surface area contributed by atoms with E-state index in [-0.39, 0.29) is 11.9 Å². The molecule has 1 aromatic carbocycles. The number of nitrogens with two attached hydrogens (primary N) is 1. The number of benzene rings is 1. The molecule has 21 heavy (non-hydrogen) atoms. The van der Waals surface area contributed by atoms with Crippen LogP contribution in [0.4, 0.5) is 4.39 Å². The molecule has 0 spiro atoms. The summed E-state index contributed by atoms with van der Waals surface area (Å²) in [6.07, 6.45) is 2.44. The molecule has 6 heteroatoms. The second-order valence-corrected chi connectivity index (χ2v) is 5.53. The van der Waals surface area contributed by atoms with E-state index in [1.54, 1.807) is 6.07 Å². The minimum Gasteiger partial charge on any atom is -0.334 e. The highest BCUT2D eigenvalue weighted by Gasteiger charge is 2.21. The summed E-state index contributed by atoms with van der Waals surface area (Å²) in [6, 6.07) is 4.22. The third-order valence-electron chi connectivity index (χ3n) is 3.85. The quantitative estimate of drug-likeness (QED) is 0.935. The first-order valence-electron chi connectivity index (χ1n) is 7.21. The molecule has 3 rings (SSSR count). The van der Waals surface area contributed by atoms with Gasteiger partial charge in [0, 0.05) is 12.1 Å². The first kappa shape index (κ1) is 14.2. The summed E-state index contributed by atoms with van der Waals surface area (Å²) < 4.78 is 18.4. The molecule has 1 atom stereocenters. The minimum atomic E-state index is -0.276. The van der Waals surface area contributed by atoms with E-state index >= 15 is 0 Å². The summed E-state index contributed by atoms with van der Waals surface area (Å²) in [5.41, 5.74) is 7.64. The lowest BCUT2D eigenvalue weighted by molar-refractivity contribution is 0.306. The molecule has 1 aliphatic rings. The van der Waals surface area contributed by atoms with Crippen LogP contribution in [0, 0.1) is 12.7 Å². The third-order valence-corrected chi connectivity index (χ3v) is 3.85. The van der Waals surface area contributed by atoms with Crippen LogP contribution >= 0.6 is 0 Å². The zero-order valence-corrected chi connectivity index (χ0v) is 12.1. The van der Waals surface area contributed by atoms with E-state index in [1.807, 2.05) is 6.92 Å². The number of halogens is 1. The van der Waals surface area contributed by atoms with E-state index in [1.165, 1.54) is 25.0 Å². The number of hydrogen-bond acceptors (Lipinski definition) is 5. The van der Waals surface area contributed by atoms with Gasteiger partial charge in [-0.2, -0.15) is 4.98 Å². The SMILES string of the molecule is Cc1cc(F)ccc1-c1nc(C(N)CN2CCCC2)no1. The molecule has 1 unspecified atom stereocenters. The minimum absolute atomic E-state index is 0.263. The molecule has 0 saturated carbocycles. The van der Waals surface area contributed by atoms with Gasteiger partial charge in [0.1, 0.15) is 5.82 Å². The van der Waals surface area contributed by atoms with Crippen LogP contribution in [-0.2, 0) is 0 Å². The second kappa shape index (κ2) is 5.91. The Morgan fingerprint density at radius 3 is 2.86 bits per heavy atom. The Labute approximate surface area is 122 Å². The van der Waals surface area contributed by atoms with Gasteiger partial charge in [0.25, 0.3) is 5.89 Å². The smallest absolute Gasteiger partial charge is 0.258 e. The van der Waals surface area contributed by atoms with Crippen LogP contribution in [0.2, 0.25) is 0 Å². The Hall–Kier alpha value is -1.79. The number of likely N-dealkylation sites (tertiary alicyclic amines) is 1. The lowest BCUT2D eigenvalue weighted by Gasteiger charge is -2.17. The number of nitrogens with zero attached hydrogens (tertiary/aromatic N) is 3. The van der Waals surface area contributed by atoms with E-state index < -0.39 is 0 Å². The molecule has 0 radical (unpaired) electrons. The fourth-order valence-corrected chi connectivity index (χ4v) is 2.69. The summed E-state index contributed by atoms with van der Waals surface area (Å²) in [6.45, 7) is 4.71. The molecule has 0 aliphatic carbocycles. The summed E-state index contributed by atoms with van der Waals surface area (Å²) in [5.74, 6) is 0.613. The van der Waals surface area contributed by atoms with Gasteiger partial charge in [-0.05, 0) is 56.6 Å². The lowest BCUT2D eigenvalue weighted by atomic mass is 10.1. The van der Waals surface area contributed by atoms with Crippen LogP contribution < -0.4 is 5.73 Å². The molecular formula is C15H19FN4O. The molecule has 1 aliphatic heterocycles. The molecular weight excluding hydrogens is 271 g/mol. The predicted molar refractivity (Wildman–Crippen MR) is 77.0 cm³/mol. The molecule has 1 fully saturated rings. The van der Waals surface area contributed by atoms with Gasteiger partial charge in [-0.1, -0.05) is 5.16 Å². The predicted octanol–water partition coefficient (Wildman–Crippen LogP) is 2.28. The van der Waals surface area contributed by atoms with Crippen LogP contribution in [-0.4, -0.2) is 34.7 Å². The first-order valence-corrected chi connectivity index (χ1v) is 7.21. The van der Waals surface area contributed by atoms with Crippen molar-refractivity contribution in [2.45, 2.75) is 25.8 Å². The Morgan fingerprint density at radius 2 is 2.14 bits per heavy atom. The molecule has 2 aromatic rings. The third kappa shape index (κ3) is 3.11. The van der Waals surface area contributed by atoms with Crippen molar-refractivity contribution < 1.29 is 8.91 Å². The Morgan fingerprint density at radius 1 is 1.38 bits per heavy atom. The van der Waals surface area contributed by atoms with E-state index in [0.29, 0.717) is 11.7 Å². The number of aromatic nitrogens is 2. The molecule has 112 valence electrons. The zero-order valence-electron chi connectivity index (χ0n) is 12.1. The average Bonchev–Trinajstić information content (AvgIpc) is 3.09. The maximum atomic E-state index is 13.1. The maximum absolute atomic E-state index is 13.1. The van der Waals surface area contributed by atoms with Crippen molar-refractivity contribution in [1.82, 2.24) is 15.0 Å². The first-order chi connectivity index (χ1) is 10.1. The normalized spacial score (nSPS) is 17.3. The van der Waals surface area contributed by atoms with Crippen LogP contribution in [0.15, 0.2) is 22.7 Å². The van der Waals surface area contributed by atoms with Crippen molar-refractivity contribution >= 4 is 0 Å². The highest BCUT2D eigenvalue weighted by Crippen LogP contribution is 2.23. The summed E-state index contributed by atoms with van der Waals surface area (Å²) >= 11 is 0. The van der Waals surface area contributed by atoms with Gasteiger partial charge in [0.2, 0.25) is 0 Å². The van der Waals surface area contributed by atoms with E-state index in [4.69, 9.17) is 10.3 Å². The van der Waals surface area contributed by atoms with Crippen LogP contribution in [0.1, 0.15) is 30.3 Å². The number of rotatable bonds is 4. The highest BCUT2D eigenvalue weighted by atomic mass is 19.1. The lowest BCUT2D eigenvalue weighted by Crippen LogP contribution is -2.30. The summed E-state index contributed by atoms with van der Waals surface area (Å²) in [7, 11) is 0. The molecule has 1 aromatic heterocycles. The van der Waals surface area contributed by atoms with Crippen molar-refractivity contribution in [1.29, 1.82) is 0 Å². The van der Waals surface area contributed by atoms with Gasteiger partial charge in [-0.15, -0.1) is 0 Å². The molecule has 2 N–H and O–H groups in total. The largest absolute Gasteiger partial charge is 0.334 e. The Balaban J connectivity index is 1.76. The molecule has 0 amide bonds. The molecule has 0 bridgehead atoms. The van der Waals surface area contributed by atoms with Crippen molar-refractivity contribution in [2.24, 2.45) is 5.73 Å². The fraction of sp³-hybridized carbons (Fsp3) is 0.467. The Kier molecular flexibility index (Phi) is 3.98. The van der Waals surface area contributed by atoms with E-state index in [2.05, 4.69) is 15.0 Å². The number of hydrogen-bond donors (Lipinski definition) is 1. The topological polar surface area (TPSA) is 68.2 Å². The van der Waals surface area contributed by atoms with E-state index in [9.17, 15) is 4.39 Å². The van der Waals surface area contributed by atoms with Crippen LogP contribution in [0.5, 0.6) is 0 Å². The molecule has 5 nitrogen and oxygen atoms in total. The Bertz CT molecular complexity index is 622. The standard InChI is InChI=1S/C15H19FN4O/c1-10-8-11(16)4-5-12(10)15-18-14(19-21-15)13(17)9-20-6-2-3-7-20/h4-5,8,13H,2-3,6-7,9,17H2,1H3. The average molecular weight is 290 g/mol. The van der Waals surface area contributed by atoms with Crippen molar-refractivity contribution in [3.8, 4) is 11.5 Å². The number of aryl methyl sites for hydroxylation is 1. The van der Waals surface area contributed by atoms with Crippen molar-refractivity contribution in [2.75, 3.05) is 19.6 Å². The summed E-state index contributed by atoms with van der Waals surface area (Å²) in [4.78, 5) is 6.67. The molecule has 1 saturated heterocycles. The highest BCUT2D eigenvalue weighted by molar-refractivity contribution is 5.57. The monoisotopic (exact) mass is 290 g/mol. The van der Waals surface area contributed by atoms with Gasteiger partial charge in [-0.25, -0.2) is 4.39 Å². The summed E-state index contributed by atoms with van der Waals surface area (Å²) in [5, 5.41) is 3.97. The van der Waals surface area contributed by atoms with Gasteiger partial charge in [0.05, 0.1) is 6.04 Å². The van der Waals surface area contributed by atoms with E-state index in [0.717, 1.165) is 30.8 Å². The van der Waals surface area contributed by atoms with Crippen molar-refractivity contribution in [3.05, 3.63) is 35.4 Å². The zero-order chi connectivity index (χ0) is 14.8. The second-order valence-electron chi connectivity index (χ2n) is 5.53. The molecule has 2 heterocycles. The maximum Gasteiger partial charge on any atom is 0.258 e. The van der Waals surface area contributed by atoms with Gasteiger partial charge >= 0.3 is 0 Å². The van der Waals surface area contributed by atoms with Gasteiger partial charge < -0.3 is 15.2 Å². The fourth-order valence-electron chi connectivity index (χ4n) is 2.69. The van der Waals surface area contributed by atoms with Crippen LogP contribution in [0.25, 0.3) is 11.5 Å².